The van der Waals surface area contributed by atoms with Gasteiger partial charge in [-0.2, -0.15) is 9.97 Å². The van der Waals surface area contributed by atoms with Crippen LogP contribution in [0, 0.1) is 0 Å². The summed E-state index contributed by atoms with van der Waals surface area (Å²) in [6.07, 6.45) is 1.56. The Kier molecular flexibility index (Phi) is 10.7. The molecule has 49 heavy (non-hydrogen) atoms. The number of carboxylic acid groups (broad SMARTS) is 1. The summed E-state index contributed by atoms with van der Waals surface area (Å²) < 4.78 is 7.87. The highest BCUT2D eigenvalue weighted by Gasteiger charge is 2.46. The number of carbonyl (C=O) groups is 1. The van der Waals surface area contributed by atoms with Crippen molar-refractivity contribution in [3.8, 4) is 0 Å². The van der Waals surface area contributed by atoms with Crippen LogP contribution in [0.25, 0.3) is 11.2 Å². The van der Waals surface area contributed by atoms with Crippen molar-refractivity contribution in [3.05, 3.63) is 89.8 Å². The lowest BCUT2D eigenvalue weighted by atomic mass is 9.91. The van der Waals surface area contributed by atoms with Gasteiger partial charge in [0.2, 0.25) is 5.95 Å². The first-order chi connectivity index (χ1) is 23.9. The third-order valence-electron chi connectivity index (χ3n) is 9.07. The monoisotopic (exact) mass is 670 g/mol. The first-order valence-corrected chi connectivity index (χ1v) is 16.5. The maximum absolute atomic E-state index is 11.2. The van der Waals surface area contributed by atoms with Gasteiger partial charge < -0.3 is 41.4 Å². The summed E-state index contributed by atoms with van der Waals surface area (Å²) in [5.74, 6) is 2.09. The lowest BCUT2D eigenvalue weighted by Gasteiger charge is -2.27. The Morgan fingerprint density at radius 1 is 1.00 bits per heavy atom. The van der Waals surface area contributed by atoms with Crippen molar-refractivity contribution in [1.82, 2.24) is 34.7 Å². The van der Waals surface area contributed by atoms with Gasteiger partial charge >= 0.3 is 0 Å². The number of nitrogens with two attached hydrogens (primary N) is 1. The Hall–Kier alpha value is -4.96. The summed E-state index contributed by atoms with van der Waals surface area (Å²) in [7, 11) is 0. The molecule has 3 aromatic heterocycles. The molecule has 0 amide bonds. The third-order valence-corrected chi connectivity index (χ3v) is 9.07. The summed E-state index contributed by atoms with van der Waals surface area (Å²) in [4.78, 5) is 25.9. The number of aromatic nitrogens is 7. The van der Waals surface area contributed by atoms with E-state index in [1.807, 2.05) is 43.3 Å². The van der Waals surface area contributed by atoms with Crippen LogP contribution >= 0.6 is 0 Å². The second-order valence-corrected chi connectivity index (χ2v) is 12.3. The summed E-state index contributed by atoms with van der Waals surface area (Å²) >= 11 is 0. The summed E-state index contributed by atoms with van der Waals surface area (Å²) in [5.41, 5.74) is 9.51. The number of aliphatic hydroxyl groups is 2. The van der Waals surface area contributed by atoms with Crippen LogP contribution in [0.1, 0.15) is 73.6 Å². The van der Waals surface area contributed by atoms with E-state index in [1.54, 1.807) is 10.9 Å². The second-order valence-electron chi connectivity index (χ2n) is 12.3. The smallest absolute Gasteiger partial charge is 0.290 e. The minimum atomic E-state index is -1.26. The molecule has 15 nitrogen and oxygen atoms in total. The van der Waals surface area contributed by atoms with E-state index in [9.17, 15) is 10.2 Å². The number of aryl methyl sites for hydroxylation is 1. The van der Waals surface area contributed by atoms with E-state index in [0.717, 1.165) is 25.7 Å². The summed E-state index contributed by atoms with van der Waals surface area (Å²) in [6.45, 7) is 2.26. The molecule has 4 atom stereocenters. The fourth-order valence-electron chi connectivity index (χ4n) is 6.45. The van der Waals surface area contributed by atoms with Crippen molar-refractivity contribution >= 4 is 29.4 Å². The molecular formula is C34H42N10O5. The first kappa shape index (κ1) is 33.9. The topological polar surface area (TPSA) is 222 Å². The summed E-state index contributed by atoms with van der Waals surface area (Å²) in [6, 6.07) is 21.1. The number of anilines is 2. The molecule has 5 aromatic rings. The Balaban J connectivity index is 0.00000134. The molecule has 0 radical (unpaired) electrons. The first-order valence-electron chi connectivity index (χ1n) is 16.5. The predicted octanol–water partition coefficient (Wildman–Crippen LogP) is 3.13. The minimum absolute atomic E-state index is 0.0524. The van der Waals surface area contributed by atoms with E-state index in [1.165, 1.54) is 11.1 Å². The van der Waals surface area contributed by atoms with Gasteiger partial charge in [0, 0.05) is 31.0 Å². The van der Waals surface area contributed by atoms with Crippen LogP contribution in [0.15, 0.2) is 67.0 Å². The number of hydrogen-bond donors (Lipinski definition) is 7. The number of nitrogens with one attached hydrogen (secondary N) is 3. The van der Waals surface area contributed by atoms with Gasteiger partial charge in [-0.05, 0) is 36.8 Å². The number of nitrogens with zero attached hydrogens (tertiary/aromatic N) is 6. The van der Waals surface area contributed by atoms with Crippen molar-refractivity contribution in [2.45, 2.75) is 81.6 Å². The normalized spacial score (nSPS) is 23.6. The van der Waals surface area contributed by atoms with E-state index in [4.69, 9.17) is 30.3 Å². The van der Waals surface area contributed by atoms with Crippen molar-refractivity contribution in [2.24, 2.45) is 5.73 Å². The quantitative estimate of drug-likeness (QED) is 0.106. The molecule has 0 bridgehead atoms. The molecule has 1 aliphatic carbocycles. The minimum Gasteiger partial charge on any atom is -0.483 e. The lowest BCUT2D eigenvalue weighted by Crippen LogP contribution is -2.33. The van der Waals surface area contributed by atoms with E-state index < -0.39 is 24.5 Å². The van der Waals surface area contributed by atoms with Gasteiger partial charge in [-0.1, -0.05) is 67.6 Å². The van der Waals surface area contributed by atoms with Gasteiger partial charge in [-0.25, -0.2) is 4.98 Å². The SMILES string of the molecule is CCc1nnc([C@H]2O[C@@H](n3cnc4c(NCC(c5ccccc5)c5ccccc5)nc(N[C@H]5CC[C@H](N)CC5)nc43)[C@H](O)[C@@H]2O)[nH]1.O=CO. The van der Waals surface area contributed by atoms with Crippen molar-refractivity contribution in [1.29, 1.82) is 0 Å². The third kappa shape index (κ3) is 7.54. The largest absolute Gasteiger partial charge is 0.483 e. The molecule has 1 saturated carbocycles. The molecule has 258 valence electrons. The number of H-pyrrole nitrogens is 1. The van der Waals surface area contributed by atoms with Crippen LogP contribution in [0.3, 0.4) is 0 Å². The Morgan fingerprint density at radius 2 is 1.65 bits per heavy atom. The van der Waals surface area contributed by atoms with Crippen molar-refractivity contribution in [3.63, 3.8) is 0 Å². The number of imidazole rings is 1. The number of ether oxygens (including phenoxy) is 1. The molecule has 8 N–H and O–H groups in total. The Morgan fingerprint density at radius 3 is 2.27 bits per heavy atom. The average Bonchev–Trinajstić information content (AvgIpc) is 3.85. The number of fused-ring (bicyclic) bond motifs is 1. The molecule has 4 heterocycles. The lowest BCUT2D eigenvalue weighted by molar-refractivity contribution is -0.122. The van der Waals surface area contributed by atoms with Crippen LogP contribution in [0.4, 0.5) is 11.8 Å². The Labute approximate surface area is 283 Å². The van der Waals surface area contributed by atoms with Gasteiger partial charge in [0.15, 0.2) is 29.0 Å². The predicted molar refractivity (Wildman–Crippen MR) is 182 cm³/mol. The van der Waals surface area contributed by atoms with Crippen LogP contribution in [-0.2, 0) is 16.0 Å². The van der Waals surface area contributed by atoms with E-state index in [0.29, 0.717) is 47.5 Å². The molecule has 2 aromatic carbocycles. The highest BCUT2D eigenvalue weighted by Crippen LogP contribution is 2.39. The maximum atomic E-state index is 11.2. The summed E-state index contributed by atoms with van der Waals surface area (Å²) in [5, 5.41) is 44.4. The average molecular weight is 671 g/mol. The highest BCUT2D eigenvalue weighted by atomic mass is 16.6. The van der Waals surface area contributed by atoms with Crippen LogP contribution in [0.5, 0.6) is 0 Å². The van der Waals surface area contributed by atoms with Crippen LogP contribution in [-0.4, -0.2) is 87.3 Å². The zero-order chi connectivity index (χ0) is 34.3. The zero-order valence-corrected chi connectivity index (χ0v) is 27.1. The number of aliphatic hydroxyl groups excluding tert-OH is 2. The molecule has 0 unspecified atom stereocenters. The Bertz CT molecular complexity index is 1760. The van der Waals surface area contributed by atoms with E-state index >= 15 is 0 Å². The fraction of sp³-hybridized carbons (Fsp3) is 0.412. The van der Waals surface area contributed by atoms with Crippen molar-refractivity contribution < 1.29 is 24.9 Å². The molecule has 2 fully saturated rings. The zero-order valence-electron chi connectivity index (χ0n) is 27.1. The second kappa shape index (κ2) is 15.5. The van der Waals surface area contributed by atoms with E-state index in [2.05, 4.69) is 55.1 Å². The van der Waals surface area contributed by atoms with E-state index in [-0.39, 0.29) is 24.5 Å². The van der Waals surface area contributed by atoms with Gasteiger partial charge in [0.05, 0.1) is 6.33 Å². The highest BCUT2D eigenvalue weighted by molar-refractivity contribution is 5.84. The number of aromatic amines is 1. The molecule has 2 aliphatic rings. The van der Waals surface area contributed by atoms with Crippen LogP contribution < -0.4 is 16.4 Å². The molecule has 0 spiro atoms. The molecule has 7 rings (SSSR count). The van der Waals surface area contributed by atoms with Gasteiger partial charge in [-0.3, -0.25) is 9.36 Å². The maximum Gasteiger partial charge on any atom is 0.290 e. The number of rotatable bonds is 10. The number of benzene rings is 2. The molecule has 1 aliphatic heterocycles. The standard InChI is InChI=1S/C33H40N10O3.CH2O2/c1-2-24-38-30(42-41-24)28-26(44)27(45)32(46-28)43-18-36-25-29(39-33(40-31(25)43)37-22-15-13-21(34)14-16-22)35-17-23(19-9-5-3-6-10-19)20-11-7-4-8-12-20;2-1-3/h3-12,18,21-23,26-28,32,44-45H,2,13-17,34H2,1H3,(H,38,41,42)(H2,35,37,39,40);1H,(H,2,3)/t21-,22-,26-,27+,28-,32+;/m0./s1. The molecule has 15 heteroatoms. The van der Waals surface area contributed by atoms with Crippen LogP contribution in [0.2, 0.25) is 0 Å². The number of hydrogen-bond acceptors (Lipinski definition) is 12. The fourth-order valence-corrected chi connectivity index (χ4v) is 6.45. The molecule has 1 saturated heterocycles. The molecular weight excluding hydrogens is 628 g/mol. The van der Waals surface area contributed by atoms with Gasteiger partial charge in [0.25, 0.3) is 6.47 Å². The van der Waals surface area contributed by atoms with Crippen molar-refractivity contribution in [2.75, 3.05) is 17.2 Å². The van der Waals surface area contributed by atoms with Gasteiger partial charge in [-0.15, -0.1) is 10.2 Å². The van der Waals surface area contributed by atoms with Gasteiger partial charge in [0.1, 0.15) is 24.1 Å².